The summed E-state index contributed by atoms with van der Waals surface area (Å²) in [6.07, 6.45) is -0.943. The molecule has 116 valence electrons. The van der Waals surface area contributed by atoms with E-state index in [1.54, 1.807) is 0 Å². The van der Waals surface area contributed by atoms with E-state index in [4.69, 9.17) is 5.73 Å². The van der Waals surface area contributed by atoms with Gasteiger partial charge in [0.2, 0.25) is 0 Å². The SMILES string of the molecule is NC1CCCCC1NC(=O)c1ccc(Br)c(C(F)(F)F)c1. The molecule has 0 bridgehead atoms. The summed E-state index contributed by atoms with van der Waals surface area (Å²) in [7, 11) is 0. The van der Waals surface area contributed by atoms with E-state index >= 15 is 0 Å². The third-order valence-corrected chi connectivity index (χ3v) is 4.36. The first-order chi connectivity index (χ1) is 9.79. The summed E-state index contributed by atoms with van der Waals surface area (Å²) in [4.78, 5) is 12.1. The quantitative estimate of drug-likeness (QED) is 0.843. The van der Waals surface area contributed by atoms with Crippen molar-refractivity contribution in [3.05, 3.63) is 33.8 Å². The van der Waals surface area contributed by atoms with Crippen molar-refractivity contribution in [2.75, 3.05) is 0 Å². The maximum Gasteiger partial charge on any atom is 0.417 e. The lowest BCUT2D eigenvalue weighted by Gasteiger charge is -2.29. The second-order valence-electron chi connectivity index (χ2n) is 5.22. The average Bonchev–Trinajstić information content (AvgIpc) is 2.40. The van der Waals surface area contributed by atoms with Crippen LogP contribution in [0.25, 0.3) is 0 Å². The maximum atomic E-state index is 12.8. The van der Waals surface area contributed by atoms with Crippen molar-refractivity contribution >= 4 is 21.8 Å². The molecule has 1 fully saturated rings. The highest BCUT2D eigenvalue weighted by molar-refractivity contribution is 9.10. The highest BCUT2D eigenvalue weighted by Gasteiger charge is 2.34. The Bertz CT molecular complexity index is 533. The fraction of sp³-hybridized carbons (Fsp3) is 0.500. The van der Waals surface area contributed by atoms with E-state index in [2.05, 4.69) is 21.2 Å². The molecule has 2 atom stereocenters. The van der Waals surface area contributed by atoms with Gasteiger partial charge in [-0.2, -0.15) is 13.2 Å². The molecule has 7 heteroatoms. The van der Waals surface area contributed by atoms with Gasteiger partial charge in [0.05, 0.1) is 5.56 Å². The summed E-state index contributed by atoms with van der Waals surface area (Å²) in [6.45, 7) is 0. The number of hydrogen-bond donors (Lipinski definition) is 2. The van der Waals surface area contributed by atoms with Gasteiger partial charge in [0.15, 0.2) is 0 Å². The van der Waals surface area contributed by atoms with Crippen LogP contribution < -0.4 is 11.1 Å². The predicted molar refractivity (Wildman–Crippen MR) is 76.8 cm³/mol. The number of nitrogens with one attached hydrogen (secondary N) is 1. The monoisotopic (exact) mass is 364 g/mol. The summed E-state index contributed by atoms with van der Waals surface area (Å²) in [5.74, 6) is -0.518. The van der Waals surface area contributed by atoms with E-state index in [9.17, 15) is 18.0 Å². The van der Waals surface area contributed by atoms with Crippen molar-refractivity contribution in [3.63, 3.8) is 0 Å². The summed E-state index contributed by atoms with van der Waals surface area (Å²) in [5.41, 5.74) is 5.06. The molecule has 1 aromatic rings. The zero-order chi connectivity index (χ0) is 15.6. The smallest absolute Gasteiger partial charge is 0.348 e. The topological polar surface area (TPSA) is 55.1 Å². The molecule has 0 aliphatic heterocycles. The van der Waals surface area contributed by atoms with Crippen LogP contribution in [0.4, 0.5) is 13.2 Å². The molecule has 1 aromatic carbocycles. The second kappa shape index (κ2) is 6.36. The third kappa shape index (κ3) is 3.97. The molecule has 1 aliphatic carbocycles. The van der Waals surface area contributed by atoms with Gasteiger partial charge in [-0.05, 0) is 31.0 Å². The minimum Gasteiger partial charge on any atom is -0.348 e. The first-order valence-corrected chi connectivity index (χ1v) is 7.51. The number of amides is 1. The number of rotatable bonds is 2. The lowest BCUT2D eigenvalue weighted by atomic mass is 9.91. The molecule has 0 spiro atoms. The van der Waals surface area contributed by atoms with Crippen molar-refractivity contribution in [3.8, 4) is 0 Å². The van der Waals surface area contributed by atoms with E-state index in [0.717, 1.165) is 31.7 Å². The van der Waals surface area contributed by atoms with Crippen LogP contribution in [0.15, 0.2) is 22.7 Å². The van der Waals surface area contributed by atoms with E-state index in [0.29, 0.717) is 0 Å². The van der Waals surface area contributed by atoms with Gasteiger partial charge in [-0.25, -0.2) is 0 Å². The fourth-order valence-corrected chi connectivity index (χ4v) is 2.95. The normalized spacial score (nSPS) is 22.9. The first-order valence-electron chi connectivity index (χ1n) is 6.72. The van der Waals surface area contributed by atoms with Crippen molar-refractivity contribution in [1.29, 1.82) is 0 Å². The molecule has 21 heavy (non-hydrogen) atoms. The maximum absolute atomic E-state index is 12.8. The number of hydrogen-bond acceptors (Lipinski definition) is 2. The molecule has 2 rings (SSSR count). The van der Waals surface area contributed by atoms with Crippen LogP contribution in [0, 0.1) is 0 Å². The van der Waals surface area contributed by atoms with E-state index < -0.39 is 17.6 Å². The summed E-state index contributed by atoms with van der Waals surface area (Å²) in [5, 5.41) is 2.74. The summed E-state index contributed by atoms with van der Waals surface area (Å²) >= 11 is 2.85. The van der Waals surface area contributed by atoms with Gasteiger partial charge < -0.3 is 11.1 Å². The number of carbonyl (C=O) groups is 1. The minimum absolute atomic E-state index is 0.0108. The average molecular weight is 365 g/mol. The summed E-state index contributed by atoms with van der Waals surface area (Å²) in [6, 6.07) is 3.14. The fourth-order valence-electron chi connectivity index (χ4n) is 2.47. The first kappa shape index (κ1) is 16.3. The van der Waals surface area contributed by atoms with Crippen LogP contribution in [0.3, 0.4) is 0 Å². The molecular weight excluding hydrogens is 349 g/mol. The standard InChI is InChI=1S/C14H16BrF3N2O/c15-10-6-5-8(7-9(10)14(16,17)18)13(21)20-12-4-2-1-3-11(12)19/h5-7,11-12H,1-4,19H2,(H,20,21). The molecule has 1 saturated carbocycles. The number of alkyl halides is 3. The Morgan fingerprint density at radius 3 is 2.57 bits per heavy atom. The zero-order valence-electron chi connectivity index (χ0n) is 11.2. The van der Waals surface area contributed by atoms with E-state index in [1.165, 1.54) is 12.1 Å². The van der Waals surface area contributed by atoms with Crippen LogP contribution in [-0.4, -0.2) is 18.0 Å². The molecule has 3 N–H and O–H groups in total. The van der Waals surface area contributed by atoms with Crippen LogP contribution in [0.2, 0.25) is 0 Å². The van der Waals surface area contributed by atoms with Crippen molar-refractivity contribution in [2.45, 2.75) is 43.9 Å². The number of nitrogens with two attached hydrogens (primary N) is 1. The van der Waals surface area contributed by atoms with Crippen LogP contribution >= 0.6 is 15.9 Å². The molecule has 1 aliphatic rings. The highest BCUT2D eigenvalue weighted by Crippen LogP contribution is 2.35. The van der Waals surface area contributed by atoms with Gasteiger partial charge in [0.25, 0.3) is 5.91 Å². The molecule has 3 nitrogen and oxygen atoms in total. The van der Waals surface area contributed by atoms with E-state index in [-0.39, 0.29) is 22.1 Å². The molecule has 0 aromatic heterocycles. The molecule has 0 heterocycles. The van der Waals surface area contributed by atoms with E-state index in [1.807, 2.05) is 0 Å². The van der Waals surface area contributed by atoms with Crippen LogP contribution in [0.1, 0.15) is 41.6 Å². The number of carbonyl (C=O) groups excluding carboxylic acids is 1. The Kier molecular flexibility index (Phi) is 4.93. The predicted octanol–water partition coefficient (Wildman–Crippen LogP) is 3.47. The van der Waals surface area contributed by atoms with Crippen molar-refractivity contribution in [1.82, 2.24) is 5.32 Å². The Morgan fingerprint density at radius 1 is 1.29 bits per heavy atom. The molecule has 0 radical (unpaired) electrons. The van der Waals surface area contributed by atoms with Gasteiger partial charge in [-0.15, -0.1) is 0 Å². The van der Waals surface area contributed by atoms with Gasteiger partial charge >= 0.3 is 6.18 Å². The van der Waals surface area contributed by atoms with Crippen LogP contribution in [-0.2, 0) is 6.18 Å². The minimum atomic E-state index is -4.50. The number of halogens is 4. The summed E-state index contributed by atoms with van der Waals surface area (Å²) < 4.78 is 38.4. The Balaban J connectivity index is 2.16. The lowest BCUT2D eigenvalue weighted by molar-refractivity contribution is -0.138. The van der Waals surface area contributed by atoms with Crippen LogP contribution in [0.5, 0.6) is 0 Å². The van der Waals surface area contributed by atoms with Crippen molar-refractivity contribution < 1.29 is 18.0 Å². The molecule has 2 unspecified atom stereocenters. The Morgan fingerprint density at radius 2 is 1.95 bits per heavy atom. The Hall–Kier alpha value is -1.08. The third-order valence-electron chi connectivity index (χ3n) is 3.67. The van der Waals surface area contributed by atoms with Gasteiger partial charge in [0, 0.05) is 22.1 Å². The van der Waals surface area contributed by atoms with Gasteiger partial charge in [0.1, 0.15) is 0 Å². The van der Waals surface area contributed by atoms with Crippen molar-refractivity contribution in [2.24, 2.45) is 5.73 Å². The second-order valence-corrected chi connectivity index (χ2v) is 6.07. The van der Waals surface area contributed by atoms with Gasteiger partial charge in [-0.1, -0.05) is 28.8 Å². The lowest BCUT2D eigenvalue weighted by Crippen LogP contribution is -2.49. The molecule has 0 saturated heterocycles. The largest absolute Gasteiger partial charge is 0.417 e. The molecule has 1 amide bonds. The Labute approximate surface area is 129 Å². The van der Waals surface area contributed by atoms with Gasteiger partial charge in [-0.3, -0.25) is 4.79 Å². The molecular formula is C14H16BrF3N2O. The highest BCUT2D eigenvalue weighted by atomic mass is 79.9. The zero-order valence-corrected chi connectivity index (χ0v) is 12.8. The number of benzene rings is 1.